The SMILES string of the molecule is O=C1c2ccccc2-c2c1cccc2[As](=O)(O)O. The quantitative estimate of drug-likeness (QED) is 0.641. The summed E-state index contributed by atoms with van der Waals surface area (Å²) < 4.78 is 30.4. The molecule has 0 aromatic heterocycles. The zero-order chi connectivity index (χ0) is 12.9. The van der Waals surface area contributed by atoms with Gasteiger partial charge in [0.25, 0.3) is 0 Å². The summed E-state index contributed by atoms with van der Waals surface area (Å²) in [5.74, 6) is -0.175. The molecule has 0 saturated heterocycles. The van der Waals surface area contributed by atoms with Gasteiger partial charge < -0.3 is 0 Å². The summed E-state index contributed by atoms with van der Waals surface area (Å²) in [4.78, 5) is 12.1. The average molecular weight is 304 g/mol. The second kappa shape index (κ2) is 3.69. The molecule has 0 atom stereocenters. The van der Waals surface area contributed by atoms with Crippen molar-refractivity contribution in [1.29, 1.82) is 0 Å². The minimum atomic E-state index is -5.04. The van der Waals surface area contributed by atoms with Crippen molar-refractivity contribution in [2.24, 2.45) is 0 Å². The van der Waals surface area contributed by atoms with E-state index in [9.17, 15) is 16.7 Å². The Morgan fingerprint density at radius 3 is 2.11 bits per heavy atom. The zero-order valence-corrected chi connectivity index (χ0v) is 11.1. The van der Waals surface area contributed by atoms with Gasteiger partial charge in [-0.1, -0.05) is 0 Å². The van der Waals surface area contributed by atoms with Crippen molar-refractivity contribution in [2.45, 2.75) is 0 Å². The van der Waals surface area contributed by atoms with Gasteiger partial charge in [-0.25, -0.2) is 0 Å². The van der Waals surface area contributed by atoms with Gasteiger partial charge in [0, 0.05) is 0 Å². The molecule has 2 N–H and O–H groups in total. The molecule has 2 aromatic carbocycles. The van der Waals surface area contributed by atoms with E-state index in [0.29, 0.717) is 22.3 Å². The summed E-state index contributed by atoms with van der Waals surface area (Å²) in [6.07, 6.45) is 0. The van der Waals surface area contributed by atoms with Gasteiger partial charge in [0.05, 0.1) is 0 Å². The van der Waals surface area contributed by atoms with E-state index in [1.165, 1.54) is 12.1 Å². The number of carbonyl (C=O) groups is 1. The molecule has 0 bridgehead atoms. The number of rotatable bonds is 1. The number of hydrogen-bond donors (Lipinski definition) is 2. The Labute approximate surface area is 106 Å². The van der Waals surface area contributed by atoms with Gasteiger partial charge in [-0.2, -0.15) is 0 Å². The first-order chi connectivity index (χ1) is 8.50. The van der Waals surface area contributed by atoms with Crippen LogP contribution in [0.1, 0.15) is 15.9 Å². The molecular formula is C13H9AsO4. The molecule has 2 aromatic rings. The van der Waals surface area contributed by atoms with Crippen LogP contribution in [0.3, 0.4) is 0 Å². The van der Waals surface area contributed by atoms with E-state index in [1.807, 2.05) is 0 Å². The van der Waals surface area contributed by atoms with Crippen molar-refractivity contribution in [2.75, 3.05) is 0 Å². The molecular weight excluding hydrogens is 295 g/mol. The second-order valence-electron chi connectivity index (χ2n) is 4.12. The van der Waals surface area contributed by atoms with Crippen LogP contribution in [0.4, 0.5) is 0 Å². The van der Waals surface area contributed by atoms with E-state index in [1.54, 1.807) is 30.3 Å². The molecule has 0 amide bonds. The fourth-order valence-corrected chi connectivity index (χ4v) is 4.00. The van der Waals surface area contributed by atoms with Gasteiger partial charge in [-0.15, -0.1) is 0 Å². The number of fused-ring (bicyclic) bond motifs is 3. The van der Waals surface area contributed by atoms with Gasteiger partial charge in [-0.05, 0) is 0 Å². The van der Waals surface area contributed by atoms with Crippen LogP contribution in [0.5, 0.6) is 0 Å². The molecule has 4 nitrogen and oxygen atoms in total. The Balaban J connectivity index is 2.43. The molecule has 0 unspecified atom stereocenters. The first-order valence-corrected chi connectivity index (χ1v) is 8.71. The topological polar surface area (TPSA) is 74.6 Å². The molecule has 0 radical (unpaired) electrons. The first-order valence-electron chi connectivity index (χ1n) is 5.33. The van der Waals surface area contributed by atoms with Crippen LogP contribution in [0, 0.1) is 0 Å². The van der Waals surface area contributed by atoms with Gasteiger partial charge in [0.1, 0.15) is 0 Å². The Morgan fingerprint density at radius 2 is 1.44 bits per heavy atom. The summed E-state index contributed by atoms with van der Waals surface area (Å²) >= 11 is -5.04. The molecule has 0 fully saturated rings. The van der Waals surface area contributed by atoms with E-state index in [4.69, 9.17) is 0 Å². The van der Waals surface area contributed by atoms with Crippen LogP contribution in [0.15, 0.2) is 42.5 Å². The van der Waals surface area contributed by atoms with Gasteiger partial charge in [-0.3, -0.25) is 0 Å². The first kappa shape index (κ1) is 11.5. The van der Waals surface area contributed by atoms with Crippen molar-refractivity contribution in [3.63, 3.8) is 0 Å². The van der Waals surface area contributed by atoms with Gasteiger partial charge in [0.15, 0.2) is 0 Å². The monoisotopic (exact) mass is 304 g/mol. The molecule has 0 heterocycles. The van der Waals surface area contributed by atoms with Gasteiger partial charge in [0.2, 0.25) is 0 Å². The van der Waals surface area contributed by atoms with E-state index in [0.717, 1.165) is 0 Å². The molecule has 0 spiro atoms. The molecule has 3 rings (SSSR count). The maximum atomic E-state index is 12.1. The van der Waals surface area contributed by atoms with Crippen LogP contribution in [0.2, 0.25) is 0 Å². The van der Waals surface area contributed by atoms with E-state index < -0.39 is 14.2 Å². The van der Waals surface area contributed by atoms with Crippen LogP contribution in [0.25, 0.3) is 11.1 Å². The maximum absolute atomic E-state index is 12.1. The number of benzene rings is 2. The predicted molar refractivity (Wildman–Crippen MR) is 65.8 cm³/mol. The van der Waals surface area contributed by atoms with Crippen LogP contribution in [-0.2, 0) is 3.74 Å². The third kappa shape index (κ3) is 1.51. The summed E-state index contributed by atoms with van der Waals surface area (Å²) in [7, 11) is 0. The molecule has 90 valence electrons. The van der Waals surface area contributed by atoms with Crippen LogP contribution in [-0.4, -0.2) is 28.1 Å². The van der Waals surface area contributed by atoms with Crippen molar-refractivity contribution in [3.05, 3.63) is 53.6 Å². The van der Waals surface area contributed by atoms with Crippen LogP contribution < -0.4 is 4.35 Å². The molecule has 5 heteroatoms. The number of hydrogen-bond acceptors (Lipinski definition) is 2. The summed E-state index contributed by atoms with van der Waals surface area (Å²) in [5.41, 5.74) is 1.88. The zero-order valence-electron chi connectivity index (χ0n) is 9.20. The molecule has 0 aliphatic heterocycles. The standard InChI is InChI=1S/C13H9AsO4/c15-13-9-5-2-1-4-8(9)12-10(13)6-3-7-11(12)14(16,17)18/h1-7H,(H2,16,17,18). The molecule has 18 heavy (non-hydrogen) atoms. The normalized spacial score (nSPS) is 13.3. The molecule has 0 saturated carbocycles. The fraction of sp³-hybridized carbons (Fsp3) is 0. The van der Waals surface area contributed by atoms with E-state index in [-0.39, 0.29) is 10.1 Å². The third-order valence-electron chi connectivity index (χ3n) is 3.04. The predicted octanol–water partition coefficient (Wildman–Crippen LogP) is 0.459. The summed E-state index contributed by atoms with van der Waals surface area (Å²) in [6.45, 7) is 0. The molecule has 1 aliphatic rings. The third-order valence-corrected chi connectivity index (χ3v) is 5.14. The summed E-state index contributed by atoms with van der Waals surface area (Å²) in [6, 6.07) is 11.4. The van der Waals surface area contributed by atoms with Crippen molar-refractivity contribution >= 4 is 24.3 Å². The average Bonchev–Trinajstić information content (AvgIpc) is 2.63. The number of ketones is 1. The van der Waals surface area contributed by atoms with Crippen molar-refractivity contribution in [3.8, 4) is 11.1 Å². The van der Waals surface area contributed by atoms with Crippen LogP contribution >= 0.6 is 0 Å². The Kier molecular flexibility index (Phi) is 2.35. The van der Waals surface area contributed by atoms with Gasteiger partial charge >= 0.3 is 106 Å². The van der Waals surface area contributed by atoms with E-state index >= 15 is 0 Å². The molecule has 1 aliphatic carbocycles. The second-order valence-corrected chi connectivity index (χ2v) is 7.41. The fourth-order valence-electron chi connectivity index (χ4n) is 2.30. The Morgan fingerprint density at radius 1 is 0.833 bits per heavy atom. The van der Waals surface area contributed by atoms with Crippen molar-refractivity contribution in [1.82, 2.24) is 0 Å². The minimum absolute atomic E-state index is 0.0241. The van der Waals surface area contributed by atoms with E-state index in [2.05, 4.69) is 0 Å². The summed E-state index contributed by atoms with van der Waals surface area (Å²) in [5, 5.41) is 0. The van der Waals surface area contributed by atoms with Crippen molar-refractivity contribution < 1.29 is 16.7 Å². The Bertz CT molecular complexity index is 715. The Hall–Kier alpha value is -1.61. The number of carbonyl (C=O) groups excluding carboxylic acids is 1.